The molecule has 1 atom stereocenters. The second kappa shape index (κ2) is 9.89. The number of ether oxygens (including phenoxy) is 1. The third kappa shape index (κ3) is 6.47. The average Bonchev–Trinajstić information content (AvgIpc) is 2.69. The number of aliphatic imine (C=N–C) groups is 1. The van der Waals surface area contributed by atoms with Gasteiger partial charge in [0, 0.05) is 26.3 Å². The van der Waals surface area contributed by atoms with Crippen molar-refractivity contribution in [3.05, 3.63) is 47.5 Å². The molecule has 0 fully saturated rings. The Balaban J connectivity index is 1.84. The van der Waals surface area contributed by atoms with Gasteiger partial charge in [-0.05, 0) is 30.7 Å². The molecule has 0 aliphatic carbocycles. The summed E-state index contributed by atoms with van der Waals surface area (Å²) < 4.78 is 56.7. The molecule has 29 heavy (non-hydrogen) atoms. The van der Waals surface area contributed by atoms with Crippen LogP contribution in [0.15, 0.2) is 35.5 Å². The number of halogens is 4. The first-order valence-electron chi connectivity index (χ1n) is 8.69. The lowest BCUT2D eigenvalue weighted by molar-refractivity contribution is -0.141. The lowest BCUT2D eigenvalue weighted by Gasteiger charge is -2.19. The molecule has 2 rings (SSSR count). The summed E-state index contributed by atoms with van der Waals surface area (Å²) in [5.41, 5.74) is -0.317. The maximum atomic E-state index is 13.9. The zero-order chi connectivity index (χ0) is 21.4. The number of hydrogen-bond donors (Lipinski definition) is 3. The predicted octanol–water partition coefficient (Wildman–Crippen LogP) is 2.98. The summed E-state index contributed by atoms with van der Waals surface area (Å²) >= 11 is 0. The molecular weight excluding hydrogens is 392 g/mol. The molecule has 11 heteroatoms. The number of rotatable bonds is 7. The Morgan fingerprint density at radius 1 is 1.24 bits per heavy atom. The highest BCUT2D eigenvalue weighted by Crippen LogP contribution is 2.27. The van der Waals surface area contributed by atoms with Gasteiger partial charge in [-0.2, -0.15) is 13.2 Å². The Bertz CT molecular complexity index is 843. The fraction of sp³-hybridized carbons (Fsp3) is 0.389. The number of nitrogens with zero attached hydrogens (tertiary/aromatic N) is 3. The molecule has 0 spiro atoms. The Morgan fingerprint density at radius 3 is 2.62 bits per heavy atom. The topological polar surface area (TPSA) is 83.5 Å². The van der Waals surface area contributed by atoms with E-state index in [1.807, 2.05) is 6.92 Å². The van der Waals surface area contributed by atoms with Gasteiger partial charge in [0.05, 0.1) is 13.2 Å². The van der Waals surface area contributed by atoms with Crippen LogP contribution in [0.3, 0.4) is 0 Å². The van der Waals surface area contributed by atoms with Gasteiger partial charge in [0.15, 0.2) is 17.5 Å². The van der Waals surface area contributed by atoms with E-state index in [2.05, 4.69) is 30.9 Å². The van der Waals surface area contributed by atoms with E-state index in [0.717, 1.165) is 12.3 Å². The Kier molecular flexibility index (Phi) is 7.57. The molecule has 1 unspecified atom stereocenters. The van der Waals surface area contributed by atoms with Crippen molar-refractivity contribution in [1.29, 1.82) is 0 Å². The predicted molar refractivity (Wildman–Crippen MR) is 101 cm³/mol. The number of anilines is 1. The standard InChI is InChI=1S/C18H22F4N6O/c1-11(12-4-5-14(29-3)13(19)10-12)27-16(23-2)25-8-9-26-17-24-7-6-15(28-17)18(20,21)22/h4-7,10-11H,8-9H2,1-3H3,(H2,23,25,27)(H,24,26,28). The summed E-state index contributed by atoms with van der Waals surface area (Å²) in [5.74, 6) is 0.0189. The average molecular weight is 414 g/mol. The van der Waals surface area contributed by atoms with Crippen molar-refractivity contribution in [2.45, 2.75) is 19.1 Å². The third-order valence-electron chi connectivity index (χ3n) is 3.90. The van der Waals surface area contributed by atoms with Crippen LogP contribution in [-0.2, 0) is 6.18 Å². The minimum Gasteiger partial charge on any atom is -0.494 e. The van der Waals surface area contributed by atoms with Crippen molar-refractivity contribution in [3.8, 4) is 5.75 Å². The first-order valence-corrected chi connectivity index (χ1v) is 8.69. The summed E-state index contributed by atoms with van der Waals surface area (Å²) in [4.78, 5) is 11.3. The fourth-order valence-electron chi connectivity index (χ4n) is 2.39. The normalized spacial score (nSPS) is 13.0. The summed E-state index contributed by atoms with van der Waals surface area (Å²) in [7, 11) is 2.96. The molecule has 2 aromatic rings. The molecule has 158 valence electrons. The van der Waals surface area contributed by atoms with E-state index in [1.165, 1.54) is 19.2 Å². The molecule has 0 aliphatic rings. The van der Waals surface area contributed by atoms with Crippen molar-refractivity contribution in [2.24, 2.45) is 4.99 Å². The van der Waals surface area contributed by atoms with Crippen LogP contribution >= 0.6 is 0 Å². The molecule has 0 radical (unpaired) electrons. The third-order valence-corrected chi connectivity index (χ3v) is 3.90. The maximum Gasteiger partial charge on any atom is 0.433 e. The Hall–Kier alpha value is -3.11. The number of alkyl halides is 3. The van der Waals surface area contributed by atoms with Crippen LogP contribution in [-0.4, -0.2) is 43.2 Å². The number of benzene rings is 1. The van der Waals surface area contributed by atoms with Crippen LogP contribution in [0.4, 0.5) is 23.5 Å². The van der Waals surface area contributed by atoms with E-state index in [9.17, 15) is 17.6 Å². The summed E-state index contributed by atoms with van der Waals surface area (Å²) in [6.45, 7) is 2.43. The van der Waals surface area contributed by atoms with Gasteiger partial charge in [-0.25, -0.2) is 14.4 Å². The second-order valence-corrected chi connectivity index (χ2v) is 5.95. The molecule has 0 aliphatic heterocycles. The highest BCUT2D eigenvalue weighted by molar-refractivity contribution is 5.80. The van der Waals surface area contributed by atoms with E-state index in [-0.39, 0.29) is 24.3 Å². The second-order valence-electron chi connectivity index (χ2n) is 5.95. The molecule has 1 aromatic heterocycles. The summed E-state index contributed by atoms with van der Waals surface area (Å²) in [6.07, 6.45) is -3.48. The summed E-state index contributed by atoms with van der Waals surface area (Å²) in [6, 6.07) is 5.20. The minimum atomic E-state index is -4.53. The number of nitrogens with one attached hydrogen (secondary N) is 3. The Labute approximate surface area is 165 Å². The number of guanidine groups is 1. The van der Waals surface area contributed by atoms with E-state index < -0.39 is 17.7 Å². The molecule has 7 nitrogen and oxygen atoms in total. The maximum absolute atomic E-state index is 13.9. The lowest BCUT2D eigenvalue weighted by Crippen LogP contribution is -2.40. The van der Waals surface area contributed by atoms with Gasteiger partial charge in [0.25, 0.3) is 0 Å². The fourth-order valence-corrected chi connectivity index (χ4v) is 2.39. The van der Waals surface area contributed by atoms with Crippen LogP contribution in [0.25, 0.3) is 0 Å². The zero-order valence-corrected chi connectivity index (χ0v) is 16.1. The van der Waals surface area contributed by atoms with Gasteiger partial charge < -0.3 is 20.7 Å². The SMILES string of the molecule is CN=C(NCCNc1nccc(C(F)(F)F)n1)NC(C)c1ccc(OC)c(F)c1. The number of hydrogen-bond acceptors (Lipinski definition) is 5. The highest BCUT2D eigenvalue weighted by Gasteiger charge is 2.32. The summed E-state index contributed by atoms with van der Waals surface area (Å²) in [5, 5.41) is 8.81. The minimum absolute atomic E-state index is 0.119. The van der Waals surface area contributed by atoms with Crippen molar-refractivity contribution in [2.75, 3.05) is 32.6 Å². The van der Waals surface area contributed by atoms with Crippen LogP contribution in [0, 0.1) is 5.82 Å². The zero-order valence-electron chi connectivity index (χ0n) is 16.1. The van der Waals surface area contributed by atoms with Crippen molar-refractivity contribution in [3.63, 3.8) is 0 Å². The van der Waals surface area contributed by atoms with Gasteiger partial charge in [0.2, 0.25) is 5.95 Å². The van der Waals surface area contributed by atoms with Crippen LogP contribution in [0.5, 0.6) is 5.75 Å². The monoisotopic (exact) mass is 414 g/mol. The van der Waals surface area contributed by atoms with Gasteiger partial charge in [0.1, 0.15) is 5.69 Å². The van der Waals surface area contributed by atoms with Crippen molar-refractivity contribution in [1.82, 2.24) is 20.6 Å². The molecule has 0 amide bonds. The number of methoxy groups -OCH3 is 1. The van der Waals surface area contributed by atoms with Crippen LogP contribution in [0.2, 0.25) is 0 Å². The molecule has 3 N–H and O–H groups in total. The van der Waals surface area contributed by atoms with Crippen LogP contribution < -0.4 is 20.7 Å². The number of aromatic nitrogens is 2. The molecule has 1 aromatic carbocycles. The van der Waals surface area contributed by atoms with Gasteiger partial charge >= 0.3 is 6.18 Å². The first kappa shape index (κ1) is 22.2. The first-order chi connectivity index (χ1) is 13.7. The molecule has 0 bridgehead atoms. The molecule has 1 heterocycles. The van der Waals surface area contributed by atoms with Crippen molar-refractivity contribution < 1.29 is 22.3 Å². The van der Waals surface area contributed by atoms with Gasteiger partial charge in [-0.3, -0.25) is 4.99 Å². The molecular formula is C18H22F4N6O. The molecule has 0 saturated heterocycles. The van der Waals surface area contributed by atoms with E-state index in [4.69, 9.17) is 4.74 Å². The largest absolute Gasteiger partial charge is 0.494 e. The van der Waals surface area contributed by atoms with E-state index >= 15 is 0 Å². The van der Waals surface area contributed by atoms with E-state index in [1.54, 1.807) is 13.1 Å². The smallest absolute Gasteiger partial charge is 0.433 e. The quantitative estimate of drug-likeness (QED) is 0.280. The van der Waals surface area contributed by atoms with Gasteiger partial charge in [-0.1, -0.05) is 6.07 Å². The van der Waals surface area contributed by atoms with Crippen molar-refractivity contribution >= 4 is 11.9 Å². The molecule has 0 saturated carbocycles. The highest BCUT2D eigenvalue weighted by atomic mass is 19.4. The van der Waals surface area contributed by atoms with Gasteiger partial charge in [-0.15, -0.1) is 0 Å². The Morgan fingerprint density at radius 2 is 2.00 bits per heavy atom. The lowest BCUT2D eigenvalue weighted by atomic mass is 10.1. The van der Waals surface area contributed by atoms with E-state index in [0.29, 0.717) is 18.1 Å². The van der Waals surface area contributed by atoms with Crippen LogP contribution in [0.1, 0.15) is 24.2 Å².